The van der Waals surface area contributed by atoms with E-state index in [2.05, 4.69) is 15.5 Å². The molecule has 0 fully saturated rings. The molecule has 1 aliphatic heterocycles. The van der Waals surface area contributed by atoms with Gasteiger partial charge in [0.05, 0.1) is 12.2 Å². The number of H-pyrrole nitrogens is 1. The van der Waals surface area contributed by atoms with Gasteiger partial charge in [-0.3, -0.25) is 5.10 Å². The molecule has 3 aromatic rings. The average molecular weight is 353 g/mol. The highest BCUT2D eigenvalue weighted by Crippen LogP contribution is 2.28. The number of hydrogen-bond acceptors (Lipinski definition) is 2. The van der Waals surface area contributed by atoms with Crippen LogP contribution in [0, 0.1) is 0 Å². The summed E-state index contributed by atoms with van der Waals surface area (Å²) in [7, 11) is 0. The maximum Gasteiger partial charge on any atom is 0.322 e. The van der Waals surface area contributed by atoms with Crippen LogP contribution in [0.25, 0.3) is 11.3 Å². The summed E-state index contributed by atoms with van der Waals surface area (Å²) in [5.41, 5.74) is 4.90. The molecule has 2 heterocycles. The highest BCUT2D eigenvalue weighted by molar-refractivity contribution is 6.30. The molecule has 6 heteroatoms. The Morgan fingerprint density at radius 1 is 1.12 bits per heavy atom. The summed E-state index contributed by atoms with van der Waals surface area (Å²) in [6, 6.07) is 17.0. The lowest BCUT2D eigenvalue weighted by Crippen LogP contribution is -2.38. The normalized spacial score (nSPS) is 13.4. The van der Waals surface area contributed by atoms with Crippen molar-refractivity contribution >= 4 is 23.3 Å². The Morgan fingerprint density at radius 3 is 2.64 bits per heavy atom. The summed E-state index contributed by atoms with van der Waals surface area (Å²) < 4.78 is 0. The molecule has 0 radical (unpaired) electrons. The van der Waals surface area contributed by atoms with E-state index < -0.39 is 0 Å². The van der Waals surface area contributed by atoms with Gasteiger partial charge in [-0.25, -0.2) is 4.79 Å². The molecule has 2 amide bonds. The zero-order valence-electron chi connectivity index (χ0n) is 13.5. The lowest BCUT2D eigenvalue weighted by molar-refractivity contribution is 0.206. The smallest absolute Gasteiger partial charge is 0.320 e. The van der Waals surface area contributed by atoms with E-state index >= 15 is 0 Å². The third kappa shape index (κ3) is 3.23. The van der Waals surface area contributed by atoms with E-state index in [0.717, 1.165) is 34.6 Å². The van der Waals surface area contributed by atoms with Gasteiger partial charge in [0, 0.05) is 40.5 Å². The van der Waals surface area contributed by atoms with Gasteiger partial charge < -0.3 is 10.2 Å². The van der Waals surface area contributed by atoms with Gasteiger partial charge in [-0.05, 0) is 24.3 Å². The quantitative estimate of drug-likeness (QED) is 0.721. The van der Waals surface area contributed by atoms with Crippen molar-refractivity contribution in [3.8, 4) is 11.3 Å². The van der Waals surface area contributed by atoms with E-state index in [1.54, 1.807) is 29.2 Å². The number of aromatic nitrogens is 2. The zero-order chi connectivity index (χ0) is 17.2. The molecule has 25 heavy (non-hydrogen) atoms. The number of urea groups is 1. The van der Waals surface area contributed by atoms with Crippen LogP contribution in [0.3, 0.4) is 0 Å². The van der Waals surface area contributed by atoms with Crippen LogP contribution in [0.15, 0.2) is 54.6 Å². The second kappa shape index (κ2) is 6.61. The number of aromatic amines is 1. The minimum absolute atomic E-state index is 0.117. The standard InChI is InChI=1S/C19H17ClN4O/c20-14-6-8-15(9-7-14)21-19(25)24-11-10-17-16(12-24)18(23-22-17)13-4-2-1-3-5-13/h1-9H,10-12H2,(H,21,25)(H,22,23). The van der Waals surface area contributed by atoms with Crippen molar-refractivity contribution < 1.29 is 4.79 Å². The number of carbonyl (C=O) groups excluding carboxylic acids is 1. The number of amides is 2. The molecule has 4 rings (SSSR count). The predicted octanol–water partition coefficient (Wildman–Crippen LogP) is 4.32. The fraction of sp³-hybridized carbons (Fsp3) is 0.158. The number of halogens is 1. The highest BCUT2D eigenvalue weighted by Gasteiger charge is 2.25. The number of rotatable bonds is 2. The Bertz CT molecular complexity index is 890. The van der Waals surface area contributed by atoms with Crippen LogP contribution in [0.1, 0.15) is 11.3 Å². The summed E-state index contributed by atoms with van der Waals surface area (Å²) in [6.07, 6.45) is 0.767. The van der Waals surface area contributed by atoms with E-state index in [1.165, 1.54) is 0 Å². The minimum Gasteiger partial charge on any atom is -0.320 e. The van der Waals surface area contributed by atoms with Crippen LogP contribution in [0.4, 0.5) is 10.5 Å². The molecule has 1 aromatic heterocycles. The first-order chi connectivity index (χ1) is 12.2. The molecule has 0 atom stereocenters. The molecule has 0 spiro atoms. The van der Waals surface area contributed by atoms with Crippen LogP contribution in [-0.2, 0) is 13.0 Å². The first-order valence-corrected chi connectivity index (χ1v) is 8.51. The largest absolute Gasteiger partial charge is 0.322 e. The van der Waals surface area contributed by atoms with Crippen LogP contribution in [0.5, 0.6) is 0 Å². The summed E-state index contributed by atoms with van der Waals surface area (Å²) >= 11 is 5.88. The first kappa shape index (κ1) is 15.7. The molecule has 1 aliphatic rings. The summed E-state index contributed by atoms with van der Waals surface area (Å²) in [4.78, 5) is 14.4. The van der Waals surface area contributed by atoms with Crippen LogP contribution in [-0.4, -0.2) is 27.7 Å². The Morgan fingerprint density at radius 2 is 1.88 bits per heavy atom. The van der Waals surface area contributed by atoms with Gasteiger partial charge in [0.15, 0.2) is 0 Å². The molecule has 2 aromatic carbocycles. The number of benzene rings is 2. The Hall–Kier alpha value is -2.79. The maximum absolute atomic E-state index is 12.6. The van der Waals surface area contributed by atoms with Gasteiger partial charge in [0.2, 0.25) is 0 Å². The van der Waals surface area contributed by atoms with E-state index in [-0.39, 0.29) is 6.03 Å². The number of fused-ring (bicyclic) bond motifs is 1. The van der Waals surface area contributed by atoms with Crippen molar-refractivity contribution in [2.24, 2.45) is 0 Å². The van der Waals surface area contributed by atoms with Crippen molar-refractivity contribution in [3.63, 3.8) is 0 Å². The molecule has 0 unspecified atom stereocenters. The van der Waals surface area contributed by atoms with Crippen molar-refractivity contribution in [3.05, 3.63) is 70.9 Å². The van der Waals surface area contributed by atoms with E-state index in [4.69, 9.17) is 11.6 Å². The SMILES string of the molecule is O=C(Nc1ccc(Cl)cc1)N1CCc2[nH]nc(-c3ccccc3)c2C1. The number of carbonyl (C=O) groups is 1. The second-order valence-corrected chi connectivity index (χ2v) is 6.44. The summed E-state index contributed by atoms with van der Waals surface area (Å²) in [6.45, 7) is 1.19. The third-order valence-corrected chi connectivity index (χ3v) is 4.62. The van der Waals surface area contributed by atoms with Crippen molar-refractivity contribution in [2.75, 3.05) is 11.9 Å². The Kier molecular flexibility index (Phi) is 4.15. The van der Waals surface area contributed by atoms with Gasteiger partial charge in [-0.15, -0.1) is 0 Å². The van der Waals surface area contributed by atoms with Crippen LogP contribution in [0.2, 0.25) is 5.02 Å². The Balaban J connectivity index is 1.53. The fourth-order valence-electron chi connectivity index (χ4n) is 3.04. The topological polar surface area (TPSA) is 61.0 Å². The number of nitrogens with one attached hydrogen (secondary N) is 2. The molecule has 2 N–H and O–H groups in total. The molecule has 0 saturated heterocycles. The third-order valence-electron chi connectivity index (χ3n) is 4.36. The van der Waals surface area contributed by atoms with Gasteiger partial charge in [0.1, 0.15) is 0 Å². The van der Waals surface area contributed by atoms with E-state index in [0.29, 0.717) is 18.1 Å². The lowest BCUT2D eigenvalue weighted by atomic mass is 10.0. The van der Waals surface area contributed by atoms with Gasteiger partial charge in [0.25, 0.3) is 0 Å². The van der Waals surface area contributed by atoms with E-state index in [9.17, 15) is 4.79 Å². The van der Waals surface area contributed by atoms with Gasteiger partial charge in [-0.2, -0.15) is 5.10 Å². The summed E-state index contributed by atoms with van der Waals surface area (Å²) in [5, 5.41) is 11.1. The number of anilines is 1. The molecule has 0 aliphatic carbocycles. The Labute approximate surface area is 150 Å². The van der Waals surface area contributed by atoms with Crippen molar-refractivity contribution in [1.29, 1.82) is 0 Å². The minimum atomic E-state index is -0.117. The highest BCUT2D eigenvalue weighted by atomic mass is 35.5. The number of hydrogen-bond donors (Lipinski definition) is 2. The monoisotopic (exact) mass is 352 g/mol. The molecule has 126 valence electrons. The molecule has 0 saturated carbocycles. The van der Waals surface area contributed by atoms with Crippen molar-refractivity contribution in [1.82, 2.24) is 15.1 Å². The average Bonchev–Trinajstić information content (AvgIpc) is 3.07. The van der Waals surface area contributed by atoms with E-state index in [1.807, 2.05) is 30.3 Å². The first-order valence-electron chi connectivity index (χ1n) is 8.14. The lowest BCUT2D eigenvalue weighted by Gasteiger charge is -2.27. The molecular formula is C19H17ClN4O. The van der Waals surface area contributed by atoms with Crippen LogP contribution >= 0.6 is 11.6 Å². The number of nitrogens with zero attached hydrogens (tertiary/aromatic N) is 2. The fourth-order valence-corrected chi connectivity index (χ4v) is 3.16. The molecule has 5 nitrogen and oxygen atoms in total. The maximum atomic E-state index is 12.6. The van der Waals surface area contributed by atoms with Crippen molar-refractivity contribution in [2.45, 2.75) is 13.0 Å². The van der Waals surface area contributed by atoms with Gasteiger partial charge >= 0.3 is 6.03 Å². The van der Waals surface area contributed by atoms with Crippen LogP contribution < -0.4 is 5.32 Å². The van der Waals surface area contributed by atoms with Gasteiger partial charge in [-0.1, -0.05) is 41.9 Å². The zero-order valence-corrected chi connectivity index (χ0v) is 14.3. The molecule has 0 bridgehead atoms. The summed E-state index contributed by atoms with van der Waals surface area (Å²) in [5.74, 6) is 0. The predicted molar refractivity (Wildman–Crippen MR) is 98.6 cm³/mol. The molecular weight excluding hydrogens is 336 g/mol. The second-order valence-electron chi connectivity index (χ2n) is 6.00.